The first-order chi connectivity index (χ1) is 9.77. The molecule has 2 rings (SSSR count). The van der Waals surface area contributed by atoms with Crippen LogP contribution in [0.15, 0.2) is 21.5 Å². The first-order valence-electron chi connectivity index (χ1n) is 6.81. The number of benzene rings is 1. The van der Waals surface area contributed by atoms with Gasteiger partial charge in [0.05, 0.1) is 17.1 Å². The van der Waals surface area contributed by atoms with Crippen molar-refractivity contribution in [2.45, 2.75) is 43.8 Å². The van der Waals surface area contributed by atoms with Gasteiger partial charge < -0.3 is 9.84 Å². The largest absolute Gasteiger partial charge is 0.392 e. The lowest BCUT2D eigenvalue weighted by Gasteiger charge is -2.23. The summed E-state index contributed by atoms with van der Waals surface area (Å²) >= 11 is 3.31. The molecule has 0 amide bonds. The normalized spacial score (nSPS) is 22.7. The third-order valence-corrected chi connectivity index (χ3v) is 6.43. The lowest BCUT2D eigenvalue weighted by atomic mass is 10.0. The van der Waals surface area contributed by atoms with Crippen molar-refractivity contribution in [2.24, 2.45) is 0 Å². The minimum absolute atomic E-state index is 0.146. The molecule has 1 aliphatic rings. The zero-order chi connectivity index (χ0) is 15.7. The molecule has 1 aliphatic heterocycles. The second kappa shape index (κ2) is 6.34. The quantitative estimate of drug-likeness (QED) is 0.823. The molecule has 1 aromatic rings. The predicted octanol–water partition coefficient (Wildman–Crippen LogP) is 2.10. The summed E-state index contributed by atoms with van der Waals surface area (Å²) in [6.07, 6.45) is 1.79. The van der Waals surface area contributed by atoms with E-state index in [-0.39, 0.29) is 18.0 Å². The summed E-state index contributed by atoms with van der Waals surface area (Å²) in [5, 5.41) is 9.24. The fourth-order valence-corrected chi connectivity index (χ4v) is 4.62. The van der Waals surface area contributed by atoms with Gasteiger partial charge >= 0.3 is 0 Å². The SMILES string of the molecule is Cc1cc(CO)cc(S(=O)(=O)NCC2(C)CCCO2)c1Br. The van der Waals surface area contributed by atoms with Gasteiger partial charge in [-0.15, -0.1) is 0 Å². The Labute approximate surface area is 133 Å². The third-order valence-electron chi connectivity index (χ3n) is 3.69. The van der Waals surface area contributed by atoms with Crippen LogP contribution in [-0.4, -0.2) is 32.3 Å². The summed E-state index contributed by atoms with van der Waals surface area (Å²) in [5.74, 6) is 0. The second-order valence-electron chi connectivity index (χ2n) is 5.61. The Morgan fingerprint density at radius 2 is 2.19 bits per heavy atom. The number of hydrogen-bond donors (Lipinski definition) is 2. The molecule has 1 aromatic carbocycles. The van der Waals surface area contributed by atoms with Gasteiger partial charge in [-0.05, 0) is 59.8 Å². The van der Waals surface area contributed by atoms with E-state index in [1.165, 1.54) is 6.07 Å². The van der Waals surface area contributed by atoms with Crippen LogP contribution in [0.4, 0.5) is 0 Å². The van der Waals surface area contributed by atoms with Crippen LogP contribution in [0.2, 0.25) is 0 Å². The van der Waals surface area contributed by atoms with Gasteiger partial charge in [0.15, 0.2) is 0 Å². The zero-order valence-electron chi connectivity index (χ0n) is 12.1. The van der Waals surface area contributed by atoms with Crippen molar-refractivity contribution in [3.8, 4) is 0 Å². The first kappa shape index (κ1) is 16.9. The van der Waals surface area contributed by atoms with E-state index in [2.05, 4.69) is 20.7 Å². The van der Waals surface area contributed by atoms with Crippen molar-refractivity contribution in [1.29, 1.82) is 0 Å². The summed E-state index contributed by atoms with van der Waals surface area (Å²) in [6.45, 7) is 4.42. The van der Waals surface area contributed by atoms with Gasteiger partial charge in [0.2, 0.25) is 10.0 Å². The van der Waals surface area contributed by atoms with Crippen LogP contribution in [0.3, 0.4) is 0 Å². The zero-order valence-corrected chi connectivity index (χ0v) is 14.6. The molecule has 118 valence electrons. The number of sulfonamides is 1. The number of nitrogens with one attached hydrogen (secondary N) is 1. The molecule has 0 aliphatic carbocycles. The smallest absolute Gasteiger partial charge is 0.241 e. The number of aliphatic hydroxyl groups excluding tert-OH is 1. The number of hydrogen-bond acceptors (Lipinski definition) is 4. The van der Waals surface area contributed by atoms with Crippen molar-refractivity contribution in [1.82, 2.24) is 4.72 Å². The molecule has 0 bridgehead atoms. The Kier molecular flexibility index (Phi) is 5.10. The van der Waals surface area contributed by atoms with Gasteiger partial charge in [-0.1, -0.05) is 6.07 Å². The minimum atomic E-state index is -3.66. The summed E-state index contributed by atoms with van der Waals surface area (Å²) in [7, 11) is -3.66. The monoisotopic (exact) mass is 377 g/mol. The van der Waals surface area contributed by atoms with Crippen LogP contribution in [0.1, 0.15) is 30.9 Å². The van der Waals surface area contributed by atoms with Crippen LogP contribution < -0.4 is 4.72 Å². The second-order valence-corrected chi connectivity index (χ2v) is 8.14. The molecule has 1 saturated heterocycles. The van der Waals surface area contributed by atoms with Crippen molar-refractivity contribution < 1.29 is 18.3 Å². The lowest BCUT2D eigenvalue weighted by molar-refractivity contribution is 0.0250. The molecule has 1 unspecified atom stereocenters. The van der Waals surface area contributed by atoms with Gasteiger partial charge in [-0.3, -0.25) is 0 Å². The molecule has 5 nitrogen and oxygen atoms in total. The Hall–Kier alpha value is -0.470. The van der Waals surface area contributed by atoms with E-state index in [0.29, 0.717) is 16.6 Å². The van der Waals surface area contributed by atoms with E-state index in [9.17, 15) is 13.5 Å². The molecule has 1 atom stereocenters. The Balaban J connectivity index is 2.25. The first-order valence-corrected chi connectivity index (χ1v) is 9.08. The highest BCUT2D eigenvalue weighted by atomic mass is 79.9. The third kappa shape index (κ3) is 3.84. The fourth-order valence-electron chi connectivity index (χ4n) is 2.40. The molecular weight excluding hydrogens is 358 g/mol. The molecule has 0 spiro atoms. The minimum Gasteiger partial charge on any atom is -0.392 e. The predicted molar refractivity (Wildman–Crippen MR) is 83.6 cm³/mol. The highest BCUT2D eigenvalue weighted by Crippen LogP contribution is 2.29. The van der Waals surface area contributed by atoms with Crippen molar-refractivity contribution >= 4 is 26.0 Å². The average molecular weight is 378 g/mol. The summed E-state index contributed by atoms with van der Waals surface area (Å²) in [4.78, 5) is 0.146. The van der Waals surface area contributed by atoms with E-state index in [0.717, 1.165) is 18.4 Å². The maximum Gasteiger partial charge on any atom is 0.241 e. The Morgan fingerprint density at radius 1 is 1.48 bits per heavy atom. The van der Waals surface area contributed by atoms with Gasteiger partial charge in [0, 0.05) is 17.6 Å². The summed E-state index contributed by atoms with van der Waals surface area (Å²) < 4.78 is 33.7. The van der Waals surface area contributed by atoms with Gasteiger partial charge in [-0.25, -0.2) is 13.1 Å². The van der Waals surface area contributed by atoms with Crippen molar-refractivity contribution in [2.75, 3.05) is 13.2 Å². The van der Waals surface area contributed by atoms with Gasteiger partial charge in [-0.2, -0.15) is 0 Å². The van der Waals surface area contributed by atoms with Crippen LogP contribution in [0.5, 0.6) is 0 Å². The van der Waals surface area contributed by atoms with E-state index >= 15 is 0 Å². The van der Waals surface area contributed by atoms with Crippen LogP contribution in [0.25, 0.3) is 0 Å². The lowest BCUT2D eigenvalue weighted by Crippen LogP contribution is -2.40. The molecule has 0 aromatic heterocycles. The maximum atomic E-state index is 12.5. The standard InChI is InChI=1S/C14H20BrNO4S/c1-10-6-11(8-17)7-12(13(10)15)21(18,19)16-9-14(2)4-3-5-20-14/h6-7,16-17H,3-5,8-9H2,1-2H3. The van der Waals surface area contributed by atoms with Crippen LogP contribution in [-0.2, 0) is 21.4 Å². The number of ether oxygens (including phenoxy) is 1. The summed E-state index contributed by atoms with van der Waals surface area (Å²) in [5.41, 5.74) is 0.896. The van der Waals surface area contributed by atoms with Crippen molar-refractivity contribution in [3.05, 3.63) is 27.7 Å². The van der Waals surface area contributed by atoms with Crippen LogP contribution >= 0.6 is 15.9 Å². The maximum absolute atomic E-state index is 12.5. The van der Waals surface area contributed by atoms with E-state index in [1.807, 2.05) is 6.92 Å². The molecule has 0 radical (unpaired) electrons. The summed E-state index contributed by atoms with van der Waals surface area (Å²) in [6, 6.07) is 3.24. The molecule has 2 N–H and O–H groups in total. The number of aliphatic hydroxyl groups is 1. The molecular formula is C14H20BrNO4S. The molecule has 7 heteroatoms. The Morgan fingerprint density at radius 3 is 2.76 bits per heavy atom. The van der Waals surface area contributed by atoms with Gasteiger partial charge in [0.25, 0.3) is 0 Å². The molecule has 1 heterocycles. The van der Waals surface area contributed by atoms with Gasteiger partial charge in [0.1, 0.15) is 0 Å². The Bertz CT molecular complexity index is 624. The van der Waals surface area contributed by atoms with Crippen molar-refractivity contribution in [3.63, 3.8) is 0 Å². The average Bonchev–Trinajstić information content (AvgIpc) is 2.87. The van der Waals surface area contributed by atoms with Crippen LogP contribution in [0, 0.1) is 6.92 Å². The molecule has 21 heavy (non-hydrogen) atoms. The topological polar surface area (TPSA) is 75.6 Å². The number of rotatable bonds is 5. The highest BCUT2D eigenvalue weighted by Gasteiger charge is 2.32. The number of halogens is 1. The highest BCUT2D eigenvalue weighted by molar-refractivity contribution is 9.10. The molecule has 1 fully saturated rings. The van der Waals surface area contributed by atoms with E-state index in [4.69, 9.17) is 4.74 Å². The molecule has 0 saturated carbocycles. The van der Waals surface area contributed by atoms with E-state index in [1.54, 1.807) is 13.0 Å². The van der Waals surface area contributed by atoms with E-state index < -0.39 is 15.6 Å². The number of aryl methyl sites for hydroxylation is 1. The fraction of sp³-hybridized carbons (Fsp3) is 0.571.